The molecule has 9 heteroatoms. The minimum Gasteiger partial charge on any atom is -0.356 e. The molecular weight excluding hydrogens is 415 g/mol. The van der Waals surface area contributed by atoms with E-state index < -0.39 is 36.1 Å². The summed E-state index contributed by atoms with van der Waals surface area (Å²) in [5.74, 6) is -1.64. The van der Waals surface area contributed by atoms with Crippen molar-refractivity contribution in [1.82, 2.24) is 20.5 Å². The van der Waals surface area contributed by atoms with Gasteiger partial charge in [-0.25, -0.2) is 4.39 Å². The summed E-state index contributed by atoms with van der Waals surface area (Å²) in [6, 6.07) is 6.80. The highest BCUT2D eigenvalue weighted by molar-refractivity contribution is 6.01. The molecule has 5 rings (SSSR count). The summed E-state index contributed by atoms with van der Waals surface area (Å²) in [7, 11) is 0. The van der Waals surface area contributed by atoms with Crippen LogP contribution in [0.3, 0.4) is 0 Å². The van der Waals surface area contributed by atoms with Crippen LogP contribution in [0.2, 0.25) is 0 Å². The van der Waals surface area contributed by atoms with Gasteiger partial charge in [0.15, 0.2) is 0 Å². The molecule has 3 aliphatic rings. The van der Waals surface area contributed by atoms with Crippen molar-refractivity contribution in [2.24, 2.45) is 11.8 Å². The molecule has 1 aliphatic carbocycles. The number of hydrogen-bond donors (Lipinski definition) is 3. The van der Waals surface area contributed by atoms with Crippen molar-refractivity contribution in [3.05, 3.63) is 36.0 Å². The van der Waals surface area contributed by atoms with Crippen LogP contribution < -0.4 is 10.6 Å². The fraction of sp³-hybridized carbons (Fsp3) is 0.478. The van der Waals surface area contributed by atoms with Gasteiger partial charge in [0.2, 0.25) is 11.8 Å². The minimum absolute atomic E-state index is 0.123. The SMILES string of the molecule is O=C[C@H](C[C@@H]1CCNC1=O)NC(=O)[C@@H]1[C@H]2C[C@H](F)[C@H](C2)N1C(=O)c1cc2ccccc2[nH]1. The number of likely N-dealkylation sites (tertiary alicyclic amines) is 1. The van der Waals surface area contributed by atoms with Crippen LogP contribution in [-0.2, 0) is 14.4 Å². The van der Waals surface area contributed by atoms with Gasteiger partial charge in [-0.05, 0) is 43.7 Å². The first kappa shape index (κ1) is 20.7. The number of H-pyrrole nitrogens is 1. The van der Waals surface area contributed by atoms with E-state index in [-0.39, 0.29) is 30.6 Å². The number of fused-ring (bicyclic) bond motifs is 3. The van der Waals surface area contributed by atoms with E-state index in [1.54, 1.807) is 6.07 Å². The predicted octanol–water partition coefficient (Wildman–Crippen LogP) is 1.32. The average Bonchev–Trinajstić information content (AvgIpc) is 3.55. The maximum absolute atomic E-state index is 14.6. The molecule has 6 atom stereocenters. The van der Waals surface area contributed by atoms with E-state index in [1.807, 2.05) is 24.3 Å². The Morgan fingerprint density at radius 3 is 2.81 bits per heavy atom. The monoisotopic (exact) mass is 440 g/mol. The third-order valence-corrected chi connectivity index (χ3v) is 7.05. The number of aromatic amines is 1. The number of alkyl halides is 1. The molecule has 0 spiro atoms. The van der Waals surface area contributed by atoms with E-state index in [0.717, 1.165) is 10.9 Å². The van der Waals surface area contributed by atoms with Gasteiger partial charge in [0, 0.05) is 23.4 Å². The highest BCUT2D eigenvalue weighted by Gasteiger charge is 2.56. The number of halogens is 1. The molecule has 3 N–H and O–H groups in total. The van der Waals surface area contributed by atoms with Crippen LogP contribution in [0, 0.1) is 11.8 Å². The number of aldehydes is 1. The van der Waals surface area contributed by atoms with Crippen molar-refractivity contribution < 1.29 is 23.6 Å². The highest BCUT2D eigenvalue weighted by atomic mass is 19.1. The molecule has 32 heavy (non-hydrogen) atoms. The van der Waals surface area contributed by atoms with Gasteiger partial charge in [0.05, 0.1) is 12.1 Å². The van der Waals surface area contributed by atoms with Crippen molar-refractivity contribution in [3.63, 3.8) is 0 Å². The lowest BCUT2D eigenvalue weighted by Crippen LogP contribution is -2.57. The maximum Gasteiger partial charge on any atom is 0.271 e. The van der Waals surface area contributed by atoms with Crippen LogP contribution in [0.15, 0.2) is 30.3 Å². The molecule has 2 bridgehead atoms. The third-order valence-electron chi connectivity index (χ3n) is 7.05. The Hall–Kier alpha value is -3.23. The first-order valence-corrected chi connectivity index (χ1v) is 11.0. The van der Waals surface area contributed by atoms with Gasteiger partial charge in [0.1, 0.15) is 24.2 Å². The molecule has 2 saturated heterocycles. The van der Waals surface area contributed by atoms with E-state index in [2.05, 4.69) is 15.6 Å². The van der Waals surface area contributed by atoms with Crippen LogP contribution >= 0.6 is 0 Å². The van der Waals surface area contributed by atoms with Crippen molar-refractivity contribution in [2.75, 3.05) is 6.54 Å². The lowest BCUT2D eigenvalue weighted by atomic mass is 9.95. The lowest BCUT2D eigenvalue weighted by Gasteiger charge is -2.36. The van der Waals surface area contributed by atoms with Crippen LogP contribution in [0.1, 0.15) is 36.2 Å². The number of aromatic nitrogens is 1. The number of benzene rings is 1. The largest absolute Gasteiger partial charge is 0.356 e. The van der Waals surface area contributed by atoms with Gasteiger partial charge in [-0.2, -0.15) is 0 Å². The molecule has 168 valence electrons. The molecule has 0 unspecified atom stereocenters. The molecular formula is C23H25FN4O4. The van der Waals surface area contributed by atoms with Gasteiger partial charge in [-0.1, -0.05) is 18.2 Å². The van der Waals surface area contributed by atoms with Crippen LogP contribution in [0.4, 0.5) is 4.39 Å². The summed E-state index contributed by atoms with van der Waals surface area (Å²) >= 11 is 0. The Morgan fingerprint density at radius 2 is 2.09 bits per heavy atom. The van der Waals surface area contributed by atoms with E-state index in [1.165, 1.54) is 4.90 Å². The van der Waals surface area contributed by atoms with Gasteiger partial charge in [-0.3, -0.25) is 14.4 Å². The molecule has 8 nitrogen and oxygen atoms in total. The number of hydrogen-bond acceptors (Lipinski definition) is 4. The predicted molar refractivity (Wildman–Crippen MR) is 113 cm³/mol. The van der Waals surface area contributed by atoms with Crippen molar-refractivity contribution in [2.45, 2.75) is 50.0 Å². The highest BCUT2D eigenvalue weighted by Crippen LogP contribution is 2.45. The van der Waals surface area contributed by atoms with Gasteiger partial charge in [0.25, 0.3) is 5.91 Å². The van der Waals surface area contributed by atoms with Gasteiger partial charge >= 0.3 is 0 Å². The fourth-order valence-corrected chi connectivity index (χ4v) is 5.52. The van der Waals surface area contributed by atoms with Gasteiger partial charge < -0.3 is 25.3 Å². The Balaban J connectivity index is 1.36. The summed E-state index contributed by atoms with van der Waals surface area (Å²) in [4.78, 5) is 54.4. The molecule has 0 radical (unpaired) electrons. The normalized spacial score (nSPS) is 29.8. The summed E-state index contributed by atoms with van der Waals surface area (Å²) in [6.07, 6.45) is 0.906. The van der Waals surface area contributed by atoms with Gasteiger partial charge in [-0.15, -0.1) is 0 Å². The molecule has 2 aromatic rings. The zero-order valence-corrected chi connectivity index (χ0v) is 17.4. The minimum atomic E-state index is -1.18. The molecule has 1 aromatic heterocycles. The summed E-state index contributed by atoms with van der Waals surface area (Å²) in [5, 5.41) is 6.28. The topological polar surface area (TPSA) is 111 Å². The number of para-hydroxylation sites is 1. The summed E-state index contributed by atoms with van der Waals surface area (Å²) in [5.41, 5.74) is 1.09. The maximum atomic E-state index is 14.6. The number of carbonyl (C=O) groups excluding carboxylic acids is 4. The second-order valence-electron chi connectivity index (χ2n) is 9.01. The second-order valence-corrected chi connectivity index (χ2v) is 9.01. The number of nitrogens with zero attached hydrogens (tertiary/aromatic N) is 1. The average molecular weight is 440 g/mol. The number of piperidine rings is 1. The van der Waals surface area contributed by atoms with Crippen molar-refractivity contribution in [1.29, 1.82) is 0 Å². The first-order chi connectivity index (χ1) is 15.5. The summed E-state index contributed by atoms with van der Waals surface area (Å²) in [6.45, 7) is 0.556. The van der Waals surface area contributed by atoms with E-state index in [9.17, 15) is 23.6 Å². The number of amides is 3. The number of nitrogens with one attached hydrogen (secondary N) is 3. The molecule has 1 aromatic carbocycles. The Bertz CT molecular complexity index is 1050. The quantitative estimate of drug-likeness (QED) is 0.588. The number of rotatable bonds is 6. The Kier molecular flexibility index (Phi) is 5.19. The van der Waals surface area contributed by atoms with Crippen LogP contribution in [0.5, 0.6) is 0 Å². The summed E-state index contributed by atoms with van der Waals surface area (Å²) < 4.78 is 14.6. The van der Waals surface area contributed by atoms with Crippen LogP contribution in [-0.4, -0.2) is 64.7 Å². The molecule has 3 fully saturated rings. The van der Waals surface area contributed by atoms with Crippen LogP contribution in [0.25, 0.3) is 10.9 Å². The fourth-order valence-electron chi connectivity index (χ4n) is 5.52. The smallest absolute Gasteiger partial charge is 0.271 e. The molecule has 3 amide bonds. The lowest BCUT2D eigenvalue weighted by molar-refractivity contribution is -0.130. The van der Waals surface area contributed by atoms with E-state index in [4.69, 9.17) is 0 Å². The van der Waals surface area contributed by atoms with E-state index >= 15 is 0 Å². The standard InChI is InChI=1S/C23H25FN4O4/c24-16-8-14-10-19(16)28(23(32)18-9-12-3-1-2-4-17(12)27-18)20(14)22(31)26-15(11-29)7-13-5-6-25-21(13)30/h1-4,9,11,13-16,19-20,27H,5-8,10H2,(H,25,30)(H,26,31)/t13-,14-,15-,16-,19-,20-/m0/s1. The van der Waals surface area contributed by atoms with Crippen molar-refractivity contribution in [3.8, 4) is 0 Å². The first-order valence-electron chi connectivity index (χ1n) is 11.0. The van der Waals surface area contributed by atoms with E-state index in [0.29, 0.717) is 31.4 Å². The third kappa shape index (κ3) is 3.45. The zero-order valence-electron chi connectivity index (χ0n) is 17.4. The second kappa shape index (κ2) is 8.03. The molecule has 3 heterocycles. The van der Waals surface area contributed by atoms with Crippen molar-refractivity contribution >= 4 is 34.9 Å². The molecule has 1 saturated carbocycles. The number of carbonyl (C=O) groups is 4. The molecule has 2 aliphatic heterocycles. The zero-order chi connectivity index (χ0) is 22.4. The Morgan fingerprint density at radius 1 is 1.28 bits per heavy atom. The Labute approximate surface area is 183 Å².